The zero-order valence-electron chi connectivity index (χ0n) is 10.6. The second kappa shape index (κ2) is 7.04. The van der Waals surface area contributed by atoms with Crippen LogP contribution in [-0.4, -0.2) is 6.61 Å². The molecule has 0 aromatic heterocycles. The Balaban J connectivity index is 1.93. The highest BCUT2D eigenvalue weighted by atomic mass is 35.5. The summed E-state index contributed by atoms with van der Waals surface area (Å²) >= 11 is 11.8. The summed E-state index contributed by atoms with van der Waals surface area (Å²) in [6, 6.07) is 14.9. The lowest BCUT2D eigenvalue weighted by Gasteiger charge is -2.08. The Morgan fingerprint density at radius 3 is 2.45 bits per heavy atom. The van der Waals surface area contributed by atoms with E-state index in [1.165, 1.54) is 0 Å². The molecule has 0 amide bonds. The molecule has 0 atom stereocenters. The summed E-state index contributed by atoms with van der Waals surface area (Å²) in [6.45, 7) is 0.720. The van der Waals surface area contributed by atoms with Gasteiger partial charge in [0.1, 0.15) is 11.8 Å². The van der Waals surface area contributed by atoms with Crippen LogP contribution in [0.1, 0.15) is 5.56 Å². The number of nitrogens with one attached hydrogen (secondary N) is 1. The van der Waals surface area contributed by atoms with Gasteiger partial charge in [-0.2, -0.15) is 5.26 Å². The van der Waals surface area contributed by atoms with E-state index in [2.05, 4.69) is 5.32 Å². The number of hydrogen-bond acceptors (Lipinski definition) is 3. The summed E-state index contributed by atoms with van der Waals surface area (Å²) in [5.74, 6) is 0.685. The molecule has 0 aliphatic rings. The number of halogens is 2. The van der Waals surface area contributed by atoms with E-state index in [1.807, 2.05) is 36.4 Å². The molecule has 2 rings (SSSR count). The van der Waals surface area contributed by atoms with Crippen molar-refractivity contribution >= 4 is 28.9 Å². The normalized spacial score (nSPS) is 9.85. The van der Waals surface area contributed by atoms with Gasteiger partial charge in [-0.05, 0) is 35.9 Å². The molecule has 20 heavy (non-hydrogen) atoms. The van der Waals surface area contributed by atoms with Gasteiger partial charge in [0.2, 0.25) is 0 Å². The molecule has 0 heterocycles. The molecule has 0 unspecified atom stereocenters. The third-order valence-corrected chi connectivity index (χ3v) is 3.38. The van der Waals surface area contributed by atoms with Crippen LogP contribution in [0.25, 0.3) is 0 Å². The van der Waals surface area contributed by atoms with E-state index in [1.54, 1.807) is 12.1 Å². The van der Waals surface area contributed by atoms with Crippen LogP contribution in [0, 0.1) is 11.3 Å². The van der Waals surface area contributed by atoms with Crippen molar-refractivity contribution in [3.05, 3.63) is 58.1 Å². The summed E-state index contributed by atoms with van der Waals surface area (Å²) in [5.41, 5.74) is 2.00. The number of nitriles is 1. The average Bonchev–Trinajstić information content (AvgIpc) is 2.47. The highest BCUT2D eigenvalue weighted by Gasteiger charge is 2.00. The highest BCUT2D eigenvalue weighted by Crippen LogP contribution is 2.25. The molecule has 0 bridgehead atoms. The molecular formula is C15H12Cl2N2O. The molecule has 0 saturated heterocycles. The van der Waals surface area contributed by atoms with Gasteiger partial charge < -0.3 is 10.1 Å². The first-order chi connectivity index (χ1) is 9.69. The van der Waals surface area contributed by atoms with Crippen LogP contribution in [0.3, 0.4) is 0 Å². The quantitative estimate of drug-likeness (QED) is 0.884. The lowest BCUT2D eigenvalue weighted by Crippen LogP contribution is -1.99. The summed E-state index contributed by atoms with van der Waals surface area (Å²) in [4.78, 5) is 0. The van der Waals surface area contributed by atoms with Gasteiger partial charge >= 0.3 is 0 Å². The highest BCUT2D eigenvalue weighted by molar-refractivity contribution is 6.42. The number of anilines is 1. The van der Waals surface area contributed by atoms with Crippen molar-refractivity contribution in [1.82, 2.24) is 0 Å². The van der Waals surface area contributed by atoms with Crippen molar-refractivity contribution in [3.8, 4) is 11.8 Å². The smallest absolute Gasteiger partial charge is 0.174 e. The maximum absolute atomic E-state index is 8.43. The summed E-state index contributed by atoms with van der Waals surface area (Å²) in [7, 11) is 0. The van der Waals surface area contributed by atoms with E-state index >= 15 is 0 Å². The van der Waals surface area contributed by atoms with Crippen molar-refractivity contribution in [2.24, 2.45) is 0 Å². The molecule has 0 radical (unpaired) electrons. The molecular weight excluding hydrogens is 295 g/mol. The molecule has 0 aliphatic heterocycles. The summed E-state index contributed by atoms with van der Waals surface area (Å²) in [6.07, 6.45) is 0. The van der Waals surface area contributed by atoms with Crippen LogP contribution in [-0.2, 0) is 6.54 Å². The monoisotopic (exact) mass is 306 g/mol. The average molecular weight is 307 g/mol. The van der Waals surface area contributed by atoms with E-state index in [0.717, 1.165) is 11.3 Å². The van der Waals surface area contributed by atoms with Gasteiger partial charge in [-0.25, -0.2) is 0 Å². The fourth-order valence-corrected chi connectivity index (χ4v) is 1.93. The third kappa shape index (κ3) is 4.06. The lowest BCUT2D eigenvalue weighted by atomic mass is 10.2. The molecule has 2 aromatic carbocycles. The maximum atomic E-state index is 8.43. The summed E-state index contributed by atoms with van der Waals surface area (Å²) < 4.78 is 5.19. The molecule has 0 aliphatic carbocycles. The first kappa shape index (κ1) is 14.5. The Bertz CT molecular complexity index is 621. The molecule has 102 valence electrons. The van der Waals surface area contributed by atoms with E-state index in [9.17, 15) is 0 Å². The fraction of sp³-hybridized carbons (Fsp3) is 0.133. The Morgan fingerprint density at radius 1 is 1.05 bits per heavy atom. The second-order valence-corrected chi connectivity index (χ2v) is 4.89. The minimum absolute atomic E-state index is 0.0564. The first-order valence-corrected chi connectivity index (χ1v) is 6.72. The van der Waals surface area contributed by atoms with Gasteiger partial charge in [-0.15, -0.1) is 0 Å². The van der Waals surface area contributed by atoms with Gasteiger partial charge in [0.15, 0.2) is 6.61 Å². The van der Waals surface area contributed by atoms with Gasteiger partial charge in [0, 0.05) is 12.2 Å². The Kier molecular flexibility index (Phi) is 5.11. The molecule has 0 saturated carbocycles. The van der Waals surface area contributed by atoms with Crippen molar-refractivity contribution < 1.29 is 4.74 Å². The predicted octanol–water partition coefficient (Wildman–Crippen LogP) is 4.51. The molecule has 3 nitrogen and oxygen atoms in total. The zero-order chi connectivity index (χ0) is 14.4. The minimum atomic E-state index is 0.0564. The van der Waals surface area contributed by atoms with E-state index in [4.69, 9.17) is 33.2 Å². The Hall–Kier alpha value is -1.89. The molecule has 5 heteroatoms. The number of ether oxygens (including phenoxy) is 1. The van der Waals surface area contributed by atoms with Gasteiger partial charge in [-0.3, -0.25) is 0 Å². The molecule has 1 N–H and O–H groups in total. The maximum Gasteiger partial charge on any atom is 0.174 e. The molecule has 0 spiro atoms. The van der Waals surface area contributed by atoms with E-state index < -0.39 is 0 Å². The van der Waals surface area contributed by atoms with Crippen molar-refractivity contribution in [3.63, 3.8) is 0 Å². The second-order valence-electron chi connectivity index (χ2n) is 4.07. The van der Waals surface area contributed by atoms with Crippen molar-refractivity contribution in [2.45, 2.75) is 6.54 Å². The van der Waals surface area contributed by atoms with Crippen LogP contribution in [0.15, 0.2) is 42.5 Å². The number of hydrogen-bond donors (Lipinski definition) is 1. The number of nitrogens with zero attached hydrogens (tertiary/aromatic N) is 1. The van der Waals surface area contributed by atoms with Crippen LogP contribution in [0.2, 0.25) is 10.0 Å². The molecule has 0 fully saturated rings. The van der Waals surface area contributed by atoms with Crippen LogP contribution < -0.4 is 10.1 Å². The first-order valence-electron chi connectivity index (χ1n) is 5.96. The number of benzene rings is 2. The van der Waals surface area contributed by atoms with Crippen molar-refractivity contribution in [2.75, 3.05) is 11.9 Å². The largest absolute Gasteiger partial charge is 0.479 e. The zero-order valence-corrected chi connectivity index (χ0v) is 12.1. The van der Waals surface area contributed by atoms with Crippen LogP contribution >= 0.6 is 23.2 Å². The van der Waals surface area contributed by atoms with Crippen molar-refractivity contribution in [1.29, 1.82) is 5.26 Å². The topological polar surface area (TPSA) is 45.0 Å². The summed E-state index contributed by atoms with van der Waals surface area (Å²) in [5, 5.41) is 12.7. The number of rotatable bonds is 5. The minimum Gasteiger partial charge on any atom is -0.479 e. The van der Waals surface area contributed by atoms with Gasteiger partial charge in [0.05, 0.1) is 10.0 Å². The predicted molar refractivity (Wildman–Crippen MR) is 81.3 cm³/mol. The third-order valence-electron chi connectivity index (χ3n) is 2.64. The van der Waals surface area contributed by atoms with Crippen LogP contribution in [0.5, 0.6) is 5.75 Å². The van der Waals surface area contributed by atoms with Crippen LogP contribution in [0.4, 0.5) is 5.69 Å². The fourth-order valence-electron chi connectivity index (χ4n) is 1.63. The lowest BCUT2D eigenvalue weighted by molar-refractivity contribution is 0.368. The van der Waals surface area contributed by atoms with E-state index in [-0.39, 0.29) is 6.61 Å². The standard InChI is InChI=1S/C15H12Cl2N2O/c16-14-6-3-12(9-15(14)17)19-10-11-1-4-13(5-2-11)20-8-7-18/h1-6,9,19H,8,10H2. The van der Waals surface area contributed by atoms with E-state index in [0.29, 0.717) is 22.3 Å². The van der Waals surface area contributed by atoms with Gasteiger partial charge in [0.25, 0.3) is 0 Å². The molecule has 2 aromatic rings. The Morgan fingerprint density at radius 2 is 1.80 bits per heavy atom. The Labute approximate surface area is 127 Å². The van der Waals surface area contributed by atoms with Gasteiger partial charge in [-0.1, -0.05) is 35.3 Å². The SMILES string of the molecule is N#CCOc1ccc(CNc2ccc(Cl)c(Cl)c2)cc1.